The minimum Gasteiger partial charge on any atom is -0.466 e. The Labute approximate surface area is 151 Å². The van der Waals surface area contributed by atoms with E-state index in [0.29, 0.717) is 49.3 Å². The first kappa shape index (κ1) is 16.4. The van der Waals surface area contributed by atoms with Crippen molar-refractivity contribution in [1.29, 1.82) is 0 Å². The second kappa shape index (κ2) is 6.67. The van der Waals surface area contributed by atoms with E-state index in [4.69, 9.17) is 8.94 Å². The number of piperazine rings is 1. The van der Waals surface area contributed by atoms with Gasteiger partial charge in [-0.3, -0.25) is 4.79 Å². The van der Waals surface area contributed by atoms with Crippen LogP contribution in [0.4, 0.5) is 5.95 Å². The summed E-state index contributed by atoms with van der Waals surface area (Å²) in [6, 6.07) is 11.5. The van der Waals surface area contributed by atoms with Gasteiger partial charge >= 0.3 is 0 Å². The Morgan fingerprint density at radius 1 is 1.08 bits per heavy atom. The van der Waals surface area contributed by atoms with E-state index in [0.717, 1.165) is 11.3 Å². The van der Waals surface area contributed by atoms with Crippen molar-refractivity contribution in [3.63, 3.8) is 0 Å². The Morgan fingerprint density at radius 2 is 1.81 bits per heavy atom. The van der Waals surface area contributed by atoms with Gasteiger partial charge in [0.25, 0.3) is 17.7 Å². The number of carbonyl (C=O) groups excluding carboxylic acids is 1. The number of aromatic nitrogens is 2. The summed E-state index contributed by atoms with van der Waals surface area (Å²) in [5.41, 5.74) is 1.53. The Hall–Kier alpha value is -3.09. The number of furan rings is 1. The maximum Gasteiger partial charge on any atom is 0.266 e. The van der Waals surface area contributed by atoms with Gasteiger partial charge in [-0.15, -0.1) is 0 Å². The fourth-order valence-electron chi connectivity index (χ4n) is 3.17. The van der Waals surface area contributed by atoms with Crippen LogP contribution in [-0.4, -0.2) is 47.1 Å². The molecule has 134 valence electrons. The Morgan fingerprint density at radius 3 is 2.46 bits per heavy atom. The van der Waals surface area contributed by atoms with E-state index < -0.39 is 0 Å². The van der Waals surface area contributed by atoms with Gasteiger partial charge in [-0.05, 0) is 37.2 Å². The molecule has 0 saturated carbocycles. The van der Waals surface area contributed by atoms with Gasteiger partial charge in [0.05, 0.1) is 5.56 Å². The van der Waals surface area contributed by atoms with Crippen molar-refractivity contribution in [3.05, 3.63) is 53.5 Å². The van der Waals surface area contributed by atoms with Crippen LogP contribution in [0.5, 0.6) is 0 Å². The molecule has 1 aromatic carbocycles. The molecule has 0 radical (unpaired) electrons. The molecular formula is C19H20N4O3. The van der Waals surface area contributed by atoms with Crippen molar-refractivity contribution in [2.75, 3.05) is 31.1 Å². The number of aryl methyl sites for hydroxylation is 2. The van der Waals surface area contributed by atoms with Crippen LogP contribution in [0.3, 0.4) is 0 Å². The van der Waals surface area contributed by atoms with Gasteiger partial charge in [0, 0.05) is 31.7 Å². The van der Waals surface area contributed by atoms with E-state index in [1.807, 2.05) is 54.0 Å². The summed E-state index contributed by atoms with van der Waals surface area (Å²) in [5.74, 6) is 2.50. The largest absolute Gasteiger partial charge is 0.466 e. The Balaban J connectivity index is 1.42. The molecule has 4 rings (SSSR count). The highest BCUT2D eigenvalue weighted by atomic mass is 16.5. The summed E-state index contributed by atoms with van der Waals surface area (Å²) < 4.78 is 10.8. The molecule has 0 atom stereocenters. The molecule has 0 spiro atoms. The maximum absolute atomic E-state index is 12.7. The molecule has 2 aromatic heterocycles. The first-order valence-electron chi connectivity index (χ1n) is 8.62. The van der Waals surface area contributed by atoms with Crippen LogP contribution in [0, 0.1) is 13.8 Å². The number of nitrogens with zero attached hydrogens (tertiary/aromatic N) is 4. The summed E-state index contributed by atoms with van der Waals surface area (Å²) in [4.78, 5) is 21.0. The van der Waals surface area contributed by atoms with Crippen molar-refractivity contribution in [1.82, 2.24) is 15.0 Å². The molecule has 7 heteroatoms. The molecule has 1 aliphatic heterocycles. The van der Waals surface area contributed by atoms with Gasteiger partial charge in [-0.2, -0.15) is 4.98 Å². The zero-order valence-electron chi connectivity index (χ0n) is 14.8. The van der Waals surface area contributed by atoms with E-state index >= 15 is 0 Å². The molecule has 1 aliphatic rings. The summed E-state index contributed by atoms with van der Waals surface area (Å²) in [6.07, 6.45) is 0. The lowest BCUT2D eigenvalue weighted by atomic mass is 10.2. The summed E-state index contributed by atoms with van der Waals surface area (Å²) in [7, 11) is 0. The number of hydrogen-bond acceptors (Lipinski definition) is 6. The van der Waals surface area contributed by atoms with Crippen LogP contribution in [0.2, 0.25) is 0 Å². The van der Waals surface area contributed by atoms with Crippen molar-refractivity contribution < 1.29 is 13.7 Å². The van der Waals surface area contributed by atoms with Crippen molar-refractivity contribution in [2.24, 2.45) is 0 Å². The summed E-state index contributed by atoms with van der Waals surface area (Å²) in [5, 5.41) is 4.08. The monoisotopic (exact) mass is 352 g/mol. The molecule has 3 aromatic rings. The van der Waals surface area contributed by atoms with Crippen LogP contribution in [0.15, 0.2) is 45.3 Å². The molecule has 0 N–H and O–H groups in total. The molecule has 3 heterocycles. The fourth-order valence-corrected chi connectivity index (χ4v) is 3.17. The number of hydrogen-bond donors (Lipinski definition) is 0. The second-order valence-electron chi connectivity index (χ2n) is 6.37. The van der Waals surface area contributed by atoms with E-state index in [1.54, 1.807) is 6.07 Å². The molecule has 0 bridgehead atoms. The number of anilines is 1. The van der Waals surface area contributed by atoms with E-state index in [9.17, 15) is 4.79 Å². The fraction of sp³-hybridized carbons (Fsp3) is 0.316. The maximum atomic E-state index is 12.7. The van der Waals surface area contributed by atoms with Gasteiger partial charge in [-0.1, -0.05) is 18.2 Å². The summed E-state index contributed by atoms with van der Waals surface area (Å²) in [6.45, 7) is 6.21. The zero-order chi connectivity index (χ0) is 18.1. The van der Waals surface area contributed by atoms with Gasteiger partial charge < -0.3 is 18.7 Å². The van der Waals surface area contributed by atoms with Gasteiger partial charge in [-0.25, -0.2) is 0 Å². The SMILES string of the molecule is Cc1cc(C(=O)N2CCN(c3noc(-c4ccccc4)n3)CC2)c(C)o1. The van der Waals surface area contributed by atoms with Crippen LogP contribution in [0.1, 0.15) is 21.9 Å². The Bertz CT molecular complexity index is 908. The predicted molar refractivity (Wildman–Crippen MR) is 96.0 cm³/mol. The highest BCUT2D eigenvalue weighted by Crippen LogP contribution is 2.22. The molecule has 1 saturated heterocycles. The number of benzene rings is 1. The van der Waals surface area contributed by atoms with Crippen molar-refractivity contribution >= 4 is 11.9 Å². The van der Waals surface area contributed by atoms with Crippen molar-refractivity contribution in [2.45, 2.75) is 13.8 Å². The van der Waals surface area contributed by atoms with Gasteiger partial charge in [0.2, 0.25) is 0 Å². The minimum absolute atomic E-state index is 0.0112. The lowest BCUT2D eigenvalue weighted by Gasteiger charge is -2.33. The lowest BCUT2D eigenvalue weighted by Crippen LogP contribution is -2.49. The second-order valence-corrected chi connectivity index (χ2v) is 6.37. The third kappa shape index (κ3) is 3.08. The third-order valence-electron chi connectivity index (χ3n) is 4.56. The molecule has 0 unspecified atom stereocenters. The average Bonchev–Trinajstić information content (AvgIpc) is 3.29. The smallest absolute Gasteiger partial charge is 0.266 e. The standard InChI is InChI=1S/C19H20N4O3/c1-13-12-16(14(2)25-13)18(24)22-8-10-23(11-9-22)19-20-17(26-21-19)15-6-4-3-5-7-15/h3-7,12H,8-11H2,1-2H3. The topological polar surface area (TPSA) is 75.6 Å². The van der Waals surface area contributed by atoms with Crippen LogP contribution in [0.25, 0.3) is 11.5 Å². The first-order chi connectivity index (χ1) is 12.6. The highest BCUT2D eigenvalue weighted by Gasteiger charge is 2.26. The molecule has 1 fully saturated rings. The number of amides is 1. The third-order valence-corrected chi connectivity index (χ3v) is 4.56. The highest BCUT2D eigenvalue weighted by molar-refractivity contribution is 5.95. The minimum atomic E-state index is 0.0112. The van der Waals surface area contributed by atoms with Crippen LogP contribution >= 0.6 is 0 Å². The Kier molecular flexibility index (Phi) is 4.20. The summed E-state index contributed by atoms with van der Waals surface area (Å²) >= 11 is 0. The lowest BCUT2D eigenvalue weighted by molar-refractivity contribution is 0.0744. The van der Waals surface area contributed by atoms with Crippen LogP contribution in [-0.2, 0) is 0 Å². The van der Waals surface area contributed by atoms with Gasteiger partial charge in [0.15, 0.2) is 0 Å². The normalized spacial score (nSPS) is 14.7. The number of carbonyl (C=O) groups is 1. The molecule has 26 heavy (non-hydrogen) atoms. The molecular weight excluding hydrogens is 332 g/mol. The molecule has 0 aliphatic carbocycles. The van der Waals surface area contributed by atoms with E-state index in [-0.39, 0.29) is 5.91 Å². The van der Waals surface area contributed by atoms with E-state index in [2.05, 4.69) is 10.1 Å². The number of rotatable bonds is 3. The quantitative estimate of drug-likeness (QED) is 0.721. The van der Waals surface area contributed by atoms with Gasteiger partial charge in [0.1, 0.15) is 11.5 Å². The average molecular weight is 352 g/mol. The predicted octanol–water partition coefficient (Wildman–Crippen LogP) is 2.91. The van der Waals surface area contributed by atoms with E-state index in [1.165, 1.54) is 0 Å². The molecule has 1 amide bonds. The zero-order valence-corrected chi connectivity index (χ0v) is 14.8. The van der Waals surface area contributed by atoms with Crippen LogP contribution < -0.4 is 4.90 Å². The van der Waals surface area contributed by atoms with Crippen molar-refractivity contribution in [3.8, 4) is 11.5 Å². The molecule has 7 nitrogen and oxygen atoms in total. The first-order valence-corrected chi connectivity index (χ1v) is 8.62.